The van der Waals surface area contributed by atoms with Crippen molar-refractivity contribution < 1.29 is 0 Å². The average Bonchev–Trinajstić information content (AvgIpc) is 3.57. The van der Waals surface area contributed by atoms with Crippen molar-refractivity contribution in [1.29, 1.82) is 0 Å². The maximum Gasteiger partial charge on any atom is 0.184 e. The number of nitrogens with zero attached hydrogens (tertiary/aromatic N) is 1. The molecule has 0 saturated carbocycles. The van der Waals surface area contributed by atoms with E-state index in [1.54, 1.807) is 0 Å². The van der Waals surface area contributed by atoms with E-state index in [1.165, 1.54) is 77.3 Å². The number of benzene rings is 7. The van der Waals surface area contributed by atoms with E-state index in [0.717, 1.165) is 37.2 Å². The molecule has 53 heavy (non-hydrogen) atoms. The van der Waals surface area contributed by atoms with Crippen LogP contribution in [0.4, 0.5) is 11.4 Å². The predicted octanol–water partition coefficient (Wildman–Crippen LogP) is 11.9. The Hall–Kier alpha value is -6.32. The largest absolute Gasteiger partial charge is 0.355 e. The van der Waals surface area contributed by atoms with Gasteiger partial charge in [-0.25, -0.2) is 0 Å². The lowest BCUT2D eigenvalue weighted by atomic mass is 9.61. The summed E-state index contributed by atoms with van der Waals surface area (Å²) in [6.45, 7) is 2.19. The molecule has 8 aromatic rings. The summed E-state index contributed by atoms with van der Waals surface area (Å²) in [5.74, 6) is 2.74. The first kappa shape index (κ1) is 31.4. The number of rotatable bonds is 5. The van der Waals surface area contributed by atoms with Crippen LogP contribution in [0, 0.1) is 6.92 Å². The van der Waals surface area contributed by atoms with E-state index >= 15 is 0 Å². The second-order valence-corrected chi connectivity index (χ2v) is 14.6. The van der Waals surface area contributed by atoms with Crippen LogP contribution in [0.25, 0.3) is 55.3 Å². The molecule has 1 N–H and O–H groups in total. The molecule has 2 bridgehead atoms. The lowest BCUT2D eigenvalue weighted by molar-refractivity contribution is 0.688. The van der Waals surface area contributed by atoms with E-state index < -0.39 is 0 Å². The fourth-order valence-corrected chi connectivity index (χ4v) is 8.94. The van der Waals surface area contributed by atoms with E-state index in [0.29, 0.717) is 5.92 Å². The van der Waals surface area contributed by atoms with Crippen LogP contribution in [-0.4, -0.2) is 11.8 Å². The highest BCUT2D eigenvalue weighted by molar-refractivity contribution is 6.61. The van der Waals surface area contributed by atoms with E-state index in [2.05, 4.69) is 193 Å². The monoisotopic (exact) mass is 678 g/mol. The number of anilines is 2. The molecule has 2 nitrogen and oxygen atoms in total. The summed E-state index contributed by atoms with van der Waals surface area (Å²) in [5.41, 5.74) is 19.2. The van der Waals surface area contributed by atoms with Crippen LogP contribution < -0.4 is 10.8 Å². The summed E-state index contributed by atoms with van der Waals surface area (Å²) >= 11 is 0. The van der Waals surface area contributed by atoms with Crippen molar-refractivity contribution in [1.82, 2.24) is 4.57 Å². The molecule has 0 fully saturated rings. The SMILES string of the molecule is Cc1ccccc1Nc1ccc2c(c1-c1cc(-c3ccccc3)cc3c1B/C=C\C=C1/CC3Cc3ccccc31)c1ccccc1n2-c1ccccc1. The van der Waals surface area contributed by atoms with Gasteiger partial charge in [-0.1, -0.05) is 133 Å². The number of aromatic nitrogens is 1. The highest BCUT2D eigenvalue weighted by Gasteiger charge is 2.29. The van der Waals surface area contributed by atoms with Gasteiger partial charge >= 0.3 is 0 Å². The van der Waals surface area contributed by atoms with Crippen molar-refractivity contribution in [2.75, 3.05) is 5.32 Å². The molecule has 0 saturated heterocycles. The predicted molar refractivity (Wildman–Crippen MR) is 228 cm³/mol. The topological polar surface area (TPSA) is 17.0 Å². The Kier molecular flexibility index (Phi) is 7.72. The molecule has 10 rings (SSSR count). The van der Waals surface area contributed by atoms with Crippen LogP contribution in [0.15, 0.2) is 176 Å². The zero-order valence-electron chi connectivity index (χ0n) is 29.9. The van der Waals surface area contributed by atoms with Gasteiger partial charge in [-0.05, 0) is 113 Å². The first-order valence-electron chi connectivity index (χ1n) is 18.8. The molecular weight excluding hydrogens is 639 g/mol. The maximum atomic E-state index is 3.97. The van der Waals surface area contributed by atoms with Crippen LogP contribution in [0.2, 0.25) is 0 Å². The van der Waals surface area contributed by atoms with Crippen molar-refractivity contribution in [3.8, 4) is 27.9 Å². The van der Waals surface area contributed by atoms with Crippen molar-refractivity contribution >= 4 is 51.5 Å². The lowest BCUT2D eigenvalue weighted by Crippen LogP contribution is -2.26. The van der Waals surface area contributed by atoms with Gasteiger partial charge < -0.3 is 9.88 Å². The second-order valence-electron chi connectivity index (χ2n) is 14.6. The quantitative estimate of drug-likeness (QED) is 0.179. The number of allylic oxidation sites excluding steroid dienone is 3. The third kappa shape index (κ3) is 5.43. The molecule has 0 spiro atoms. The van der Waals surface area contributed by atoms with Gasteiger partial charge in [0.1, 0.15) is 0 Å². The molecule has 2 heterocycles. The molecule has 7 aromatic carbocycles. The number of para-hydroxylation sites is 3. The van der Waals surface area contributed by atoms with E-state index in [-0.39, 0.29) is 0 Å². The molecule has 1 aliphatic heterocycles. The Morgan fingerprint density at radius 2 is 1.38 bits per heavy atom. The molecule has 252 valence electrons. The summed E-state index contributed by atoms with van der Waals surface area (Å²) in [6, 6.07) is 58.0. The zero-order chi connectivity index (χ0) is 35.3. The Bertz CT molecular complexity index is 2740. The normalized spacial score (nSPS) is 16.3. The van der Waals surface area contributed by atoms with Crippen LogP contribution in [0.1, 0.15) is 34.6 Å². The van der Waals surface area contributed by atoms with Crippen LogP contribution in [-0.2, 0) is 6.42 Å². The minimum atomic E-state index is 0.367. The minimum Gasteiger partial charge on any atom is -0.355 e. The Morgan fingerprint density at radius 3 is 2.25 bits per heavy atom. The standard InChI is InChI=1S/C50H39BN2/c1-33-15-8-12-24-44(33)52-45-26-27-47-49(41-23-11-13-25-46(41)53(47)39-20-6-3-7-21-39)48(45)43-32-37(34-16-4-2-5-17-34)31-42-38-29-35-18-9-10-22-40(35)36(30-38)19-14-28-51-50(42)43/h2-28,31-32,38,51-52H,29-30H2,1H3/b28-14-,36-19+. The van der Waals surface area contributed by atoms with E-state index in [1.807, 2.05) is 0 Å². The van der Waals surface area contributed by atoms with Gasteiger partial charge in [0.2, 0.25) is 0 Å². The van der Waals surface area contributed by atoms with Gasteiger partial charge in [0.15, 0.2) is 7.28 Å². The molecule has 2 aliphatic rings. The Balaban J connectivity index is 1.32. The summed E-state index contributed by atoms with van der Waals surface area (Å²) in [6.07, 6.45) is 6.72. The molecule has 3 heteroatoms. The van der Waals surface area contributed by atoms with Gasteiger partial charge in [0.05, 0.1) is 11.0 Å². The van der Waals surface area contributed by atoms with E-state index in [4.69, 9.17) is 0 Å². The summed E-state index contributed by atoms with van der Waals surface area (Å²) in [4.78, 5) is 0. The van der Waals surface area contributed by atoms with Gasteiger partial charge in [-0.2, -0.15) is 0 Å². The van der Waals surface area contributed by atoms with Gasteiger partial charge in [-0.3, -0.25) is 0 Å². The highest BCUT2D eigenvalue weighted by Crippen LogP contribution is 2.46. The van der Waals surface area contributed by atoms with Crippen molar-refractivity contribution in [3.63, 3.8) is 0 Å². The molecule has 1 atom stereocenters. The number of aryl methyl sites for hydroxylation is 1. The fraction of sp³-hybridized carbons (Fsp3) is 0.0800. The lowest BCUT2D eigenvalue weighted by Gasteiger charge is -2.30. The summed E-state index contributed by atoms with van der Waals surface area (Å²) < 4.78 is 2.44. The van der Waals surface area contributed by atoms with Crippen LogP contribution >= 0.6 is 0 Å². The number of hydrogen-bond donors (Lipinski definition) is 1. The van der Waals surface area contributed by atoms with Gasteiger partial charge in [0.25, 0.3) is 0 Å². The Morgan fingerprint density at radius 1 is 0.623 bits per heavy atom. The van der Waals surface area contributed by atoms with Crippen molar-refractivity contribution in [2.45, 2.75) is 25.7 Å². The molecule has 1 aliphatic carbocycles. The smallest absolute Gasteiger partial charge is 0.184 e. The van der Waals surface area contributed by atoms with Crippen LogP contribution in [0.3, 0.4) is 0 Å². The molecule has 0 amide bonds. The van der Waals surface area contributed by atoms with Crippen molar-refractivity contribution in [2.24, 2.45) is 0 Å². The first-order valence-corrected chi connectivity index (χ1v) is 18.8. The number of fused-ring (bicyclic) bond motifs is 9. The Labute approximate surface area is 312 Å². The number of hydrogen-bond acceptors (Lipinski definition) is 1. The molecule has 1 unspecified atom stereocenters. The average molecular weight is 679 g/mol. The third-order valence-corrected chi connectivity index (χ3v) is 11.4. The van der Waals surface area contributed by atoms with Crippen molar-refractivity contribution in [3.05, 3.63) is 198 Å². The van der Waals surface area contributed by atoms with Gasteiger partial charge in [0, 0.05) is 33.4 Å². The molecule has 0 radical (unpaired) electrons. The molecular formula is C50H39BN2. The number of nitrogens with one attached hydrogen (secondary N) is 1. The third-order valence-electron chi connectivity index (χ3n) is 11.4. The second kappa shape index (κ2) is 13.0. The highest BCUT2D eigenvalue weighted by atomic mass is 15.0. The van der Waals surface area contributed by atoms with E-state index in [9.17, 15) is 0 Å². The fourth-order valence-electron chi connectivity index (χ4n) is 8.94. The maximum absolute atomic E-state index is 3.97. The van der Waals surface area contributed by atoms with Gasteiger partial charge in [-0.15, -0.1) is 5.98 Å². The van der Waals surface area contributed by atoms with Crippen LogP contribution in [0.5, 0.6) is 0 Å². The summed E-state index contributed by atoms with van der Waals surface area (Å²) in [5, 5.41) is 6.49. The molecule has 1 aromatic heterocycles. The first-order chi connectivity index (χ1) is 26.2. The minimum absolute atomic E-state index is 0.367. The summed E-state index contributed by atoms with van der Waals surface area (Å²) in [7, 11) is 0.855. The zero-order valence-corrected chi connectivity index (χ0v) is 29.9.